The Hall–Kier alpha value is -3.89. The van der Waals surface area contributed by atoms with Crippen molar-refractivity contribution in [3.05, 3.63) is 41.5 Å². The molecule has 0 aliphatic carbocycles. The molecule has 0 saturated carbocycles. The highest BCUT2D eigenvalue weighted by atomic mass is 16.4. The standard InChI is InChI=1S/C22H31N5O6/c1-13(2)19(21(32)33)27-20(31)16(12-18(29)30)26-17(28)11-15-9-4-3-7-14(15)8-5-6-10-25-22(23)24/h3-5,7-9,13,16,19H,6,10-12H2,1-2H3,(H,26,28)(H,27,31)(H,29,30)(H,32,33)(H4,23,24,25)/b8-5+/t16-,19-/m0/s1. The van der Waals surface area contributed by atoms with Gasteiger partial charge >= 0.3 is 11.9 Å². The molecule has 0 spiro atoms. The number of carbonyl (C=O) groups is 4. The third-order valence-corrected chi connectivity index (χ3v) is 4.59. The summed E-state index contributed by atoms with van der Waals surface area (Å²) in [6.45, 7) is 3.68. The number of hydrogen-bond donors (Lipinski definition) is 7. The van der Waals surface area contributed by atoms with Crippen LogP contribution in [0.15, 0.2) is 30.3 Å². The van der Waals surface area contributed by atoms with Crippen molar-refractivity contribution in [2.45, 2.75) is 45.2 Å². The Balaban J connectivity index is 2.86. The molecule has 180 valence electrons. The lowest BCUT2D eigenvalue weighted by Crippen LogP contribution is -2.53. The van der Waals surface area contributed by atoms with E-state index in [1.54, 1.807) is 38.1 Å². The molecule has 0 aromatic heterocycles. The number of nitrogens with two attached hydrogens (primary N) is 1. The van der Waals surface area contributed by atoms with Crippen LogP contribution in [0.1, 0.15) is 37.8 Å². The van der Waals surface area contributed by atoms with Crippen LogP contribution in [0.25, 0.3) is 6.08 Å². The van der Waals surface area contributed by atoms with Crippen LogP contribution in [0, 0.1) is 11.3 Å². The summed E-state index contributed by atoms with van der Waals surface area (Å²) in [6.07, 6.45) is 3.47. The van der Waals surface area contributed by atoms with Gasteiger partial charge in [0.2, 0.25) is 11.8 Å². The van der Waals surface area contributed by atoms with Crippen LogP contribution < -0.4 is 21.7 Å². The lowest BCUT2D eigenvalue weighted by molar-refractivity contribution is -0.144. The summed E-state index contributed by atoms with van der Waals surface area (Å²) in [6, 6.07) is 4.45. The normalized spacial score (nSPS) is 12.7. The van der Waals surface area contributed by atoms with Gasteiger partial charge in [-0.25, -0.2) is 4.79 Å². The minimum absolute atomic E-state index is 0.109. The fourth-order valence-corrected chi connectivity index (χ4v) is 2.93. The molecule has 8 N–H and O–H groups in total. The molecule has 0 radical (unpaired) electrons. The molecule has 11 heteroatoms. The van der Waals surface area contributed by atoms with Crippen molar-refractivity contribution >= 4 is 35.8 Å². The molecular formula is C22H31N5O6. The van der Waals surface area contributed by atoms with Crippen molar-refractivity contribution in [3.8, 4) is 0 Å². The molecule has 0 aliphatic rings. The second-order valence-corrected chi connectivity index (χ2v) is 7.69. The number of carbonyl (C=O) groups excluding carboxylic acids is 2. The lowest BCUT2D eigenvalue weighted by atomic mass is 10.0. The van der Waals surface area contributed by atoms with Crippen molar-refractivity contribution in [1.29, 1.82) is 5.41 Å². The zero-order chi connectivity index (χ0) is 25.0. The van der Waals surface area contributed by atoms with E-state index in [0.717, 1.165) is 5.56 Å². The number of carboxylic acids is 2. The molecule has 11 nitrogen and oxygen atoms in total. The van der Waals surface area contributed by atoms with Gasteiger partial charge in [0.05, 0.1) is 12.8 Å². The van der Waals surface area contributed by atoms with E-state index in [1.165, 1.54) is 0 Å². The molecule has 2 atom stereocenters. The van der Waals surface area contributed by atoms with Crippen molar-refractivity contribution < 1.29 is 29.4 Å². The molecule has 1 rings (SSSR count). The number of amides is 2. The maximum Gasteiger partial charge on any atom is 0.326 e. The summed E-state index contributed by atoms with van der Waals surface area (Å²) < 4.78 is 0. The van der Waals surface area contributed by atoms with Crippen LogP contribution in [0.3, 0.4) is 0 Å². The van der Waals surface area contributed by atoms with Crippen molar-refractivity contribution in [2.75, 3.05) is 6.54 Å². The van der Waals surface area contributed by atoms with Gasteiger partial charge in [0, 0.05) is 6.54 Å². The van der Waals surface area contributed by atoms with E-state index in [-0.39, 0.29) is 12.4 Å². The molecule has 2 amide bonds. The van der Waals surface area contributed by atoms with Crippen molar-refractivity contribution in [1.82, 2.24) is 16.0 Å². The largest absolute Gasteiger partial charge is 0.481 e. The molecule has 0 heterocycles. The lowest BCUT2D eigenvalue weighted by Gasteiger charge is -2.22. The number of carboxylic acid groups (broad SMARTS) is 2. The summed E-state index contributed by atoms with van der Waals surface area (Å²) in [5, 5.41) is 32.9. The fraction of sp³-hybridized carbons (Fsp3) is 0.409. The summed E-state index contributed by atoms with van der Waals surface area (Å²) in [5.74, 6) is -4.57. The van der Waals surface area contributed by atoms with Gasteiger partial charge in [-0.1, -0.05) is 50.3 Å². The predicted molar refractivity (Wildman–Crippen MR) is 122 cm³/mol. The predicted octanol–water partition coefficient (Wildman–Crippen LogP) is 0.300. The number of hydrogen-bond acceptors (Lipinski definition) is 5. The van der Waals surface area contributed by atoms with E-state index < -0.39 is 48.2 Å². The van der Waals surface area contributed by atoms with E-state index in [9.17, 15) is 24.3 Å². The first-order chi connectivity index (χ1) is 15.5. The van der Waals surface area contributed by atoms with Gasteiger partial charge in [-0.05, 0) is 23.5 Å². The van der Waals surface area contributed by atoms with E-state index in [4.69, 9.17) is 16.2 Å². The number of guanidine groups is 1. The molecule has 0 unspecified atom stereocenters. The maximum absolute atomic E-state index is 12.6. The number of nitrogens with one attached hydrogen (secondary N) is 4. The zero-order valence-corrected chi connectivity index (χ0v) is 18.6. The summed E-state index contributed by atoms with van der Waals surface area (Å²) in [5.41, 5.74) is 6.64. The molecule has 0 fully saturated rings. The van der Waals surface area contributed by atoms with Gasteiger partial charge in [-0.15, -0.1) is 0 Å². The number of aliphatic carboxylic acids is 2. The Kier molecular flexibility index (Phi) is 11.1. The molecule has 33 heavy (non-hydrogen) atoms. The third kappa shape index (κ3) is 10.3. The first-order valence-corrected chi connectivity index (χ1v) is 10.4. The minimum atomic E-state index is -1.42. The molecule has 1 aromatic carbocycles. The Morgan fingerprint density at radius 1 is 1.12 bits per heavy atom. The van der Waals surface area contributed by atoms with Crippen LogP contribution in [-0.2, 0) is 25.6 Å². The molecule has 0 aliphatic heterocycles. The zero-order valence-electron chi connectivity index (χ0n) is 18.6. The number of benzene rings is 1. The third-order valence-electron chi connectivity index (χ3n) is 4.59. The smallest absolute Gasteiger partial charge is 0.326 e. The molecule has 0 saturated heterocycles. The van der Waals surface area contributed by atoms with Crippen LogP contribution in [0.2, 0.25) is 0 Å². The van der Waals surface area contributed by atoms with Gasteiger partial charge in [0.25, 0.3) is 0 Å². The second kappa shape index (κ2) is 13.5. The average Bonchev–Trinajstić information content (AvgIpc) is 2.71. The molecule has 1 aromatic rings. The Morgan fingerprint density at radius 3 is 2.36 bits per heavy atom. The highest BCUT2D eigenvalue weighted by molar-refractivity contribution is 5.93. The topological polar surface area (TPSA) is 195 Å². The summed E-state index contributed by atoms with van der Waals surface area (Å²) in [7, 11) is 0. The first-order valence-electron chi connectivity index (χ1n) is 10.4. The summed E-state index contributed by atoms with van der Waals surface area (Å²) >= 11 is 0. The monoisotopic (exact) mass is 461 g/mol. The van der Waals surface area contributed by atoms with Gasteiger partial charge in [-0.2, -0.15) is 0 Å². The molecule has 0 bridgehead atoms. The van der Waals surface area contributed by atoms with Gasteiger partial charge < -0.3 is 31.9 Å². The fourth-order valence-electron chi connectivity index (χ4n) is 2.93. The Bertz CT molecular complexity index is 899. The maximum atomic E-state index is 12.6. The van der Waals surface area contributed by atoms with E-state index >= 15 is 0 Å². The number of rotatable bonds is 13. The quantitative estimate of drug-likeness (QED) is 0.124. The van der Waals surface area contributed by atoms with Crippen LogP contribution >= 0.6 is 0 Å². The minimum Gasteiger partial charge on any atom is -0.481 e. The van der Waals surface area contributed by atoms with E-state index in [0.29, 0.717) is 18.5 Å². The van der Waals surface area contributed by atoms with Gasteiger partial charge in [-0.3, -0.25) is 19.8 Å². The Morgan fingerprint density at radius 2 is 1.79 bits per heavy atom. The Labute approximate surface area is 191 Å². The van der Waals surface area contributed by atoms with Crippen molar-refractivity contribution in [2.24, 2.45) is 11.7 Å². The van der Waals surface area contributed by atoms with Crippen LogP contribution in [-0.4, -0.2) is 58.6 Å². The van der Waals surface area contributed by atoms with E-state index in [1.807, 2.05) is 12.2 Å². The van der Waals surface area contributed by atoms with E-state index in [2.05, 4.69) is 16.0 Å². The summed E-state index contributed by atoms with van der Waals surface area (Å²) in [4.78, 5) is 47.6. The van der Waals surface area contributed by atoms with Crippen molar-refractivity contribution in [3.63, 3.8) is 0 Å². The second-order valence-electron chi connectivity index (χ2n) is 7.69. The van der Waals surface area contributed by atoms with Gasteiger partial charge in [0.15, 0.2) is 5.96 Å². The highest BCUT2D eigenvalue weighted by Crippen LogP contribution is 2.12. The average molecular weight is 462 g/mol. The van der Waals surface area contributed by atoms with Crippen LogP contribution in [0.5, 0.6) is 0 Å². The first kappa shape index (κ1) is 27.1. The molecular weight excluding hydrogens is 430 g/mol. The van der Waals surface area contributed by atoms with Gasteiger partial charge in [0.1, 0.15) is 12.1 Å². The van der Waals surface area contributed by atoms with Crippen LogP contribution in [0.4, 0.5) is 0 Å². The SMILES string of the molecule is CC(C)[C@H](NC(=O)[C@H](CC(=O)O)NC(=O)Cc1ccccc1/C=C/CCNC(=N)N)C(=O)O. The highest BCUT2D eigenvalue weighted by Gasteiger charge is 2.29.